The first-order valence-corrected chi connectivity index (χ1v) is 10.4. The third-order valence-electron chi connectivity index (χ3n) is 9.71. The van der Waals surface area contributed by atoms with Gasteiger partial charge in [0.1, 0.15) is 0 Å². The van der Waals surface area contributed by atoms with Gasteiger partial charge < -0.3 is 9.84 Å². The second-order valence-electron chi connectivity index (χ2n) is 10.5. The van der Waals surface area contributed by atoms with Crippen LogP contribution in [0.4, 0.5) is 0 Å². The number of rotatable bonds is 1. The van der Waals surface area contributed by atoms with Crippen LogP contribution >= 0.6 is 0 Å². The van der Waals surface area contributed by atoms with Crippen LogP contribution in [0.15, 0.2) is 0 Å². The quantitative estimate of drug-likeness (QED) is 0.759. The number of aliphatic hydroxyl groups excluding tert-OH is 1. The molecule has 140 valence electrons. The van der Waals surface area contributed by atoms with E-state index < -0.39 is 0 Å². The van der Waals surface area contributed by atoms with Gasteiger partial charge in [0.05, 0.1) is 24.2 Å². The summed E-state index contributed by atoms with van der Waals surface area (Å²) in [6, 6.07) is 2.63. The van der Waals surface area contributed by atoms with E-state index in [0.717, 1.165) is 32.1 Å². The van der Waals surface area contributed by atoms with Crippen molar-refractivity contribution < 1.29 is 9.84 Å². The minimum absolute atomic E-state index is 0.126. The van der Waals surface area contributed by atoms with Crippen LogP contribution in [-0.4, -0.2) is 24.4 Å². The third-order valence-corrected chi connectivity index (χ3v) is 9.71. The number of nitrogens with zero attached hydrogens (tertiary/aromatic N) is 1. The SMILES string of the molecule is COC1CC2(C)C(C#N)CC[C@H]2[C@@H]2CC[C@@]3(C)C[C@H](O)CC[C@]3(C)[C@@H]12. The van der Waals surface area contributed by atoms with Crippen molar-refractivity contribution in [2.45, 2.75) is 84.3 Å². The second kappa shape index (κ2) is 5.70. The van der Waals surface area contributed by atoms with Gasteiger partial charge in [0.25, 0.3) is 0 Å². The predicted octanol–water partition coefficient (Wildman–Crippen LogP) is 4.54. The van der Waals surface area contributed by atoms with E-state index in [1.807, 2.05) is 7.11 Å². The molecule has 0 aromatic carbocycles. The first kappa shape index (κ1) is 17.8. The Kier molecular flexibility index (Phi) is 4.06. The van der Waals surface area contributed by atoms with Gasteiger partial charge in [-0.25, -0.2) is 0 Å². The summed E-state index contributed by atoms with van der Waals surface area (Å²) < 4.78 is 6.14. The van der Waals surface area contributed by atoms with Crippen LogP contribution in [-0.2, 0) is 4.74 Å². The van der Waals surface area contributed by atoms with Gasteiger partial charge in [-0.15, -0.1) is 0 Å². The largest absolute Gasteiger partial charge is 0.393 e. The van der Waals surface area contributed by atoms with Crippen molar-refractivity contribution in [2.75, 3.05) is 7.11 Å². The fourth-order valence-corrected chi connectivity index (χ4v) is 8.12. The molecule has 4 aliphatic carbocycles. The van der Waals surface area contributed by atoms with Crippen molar-refractivity contribution in [2.24, 2.45) is 39.9 Å². The molecule has 0 aromatic heterocycles. The van der Waals surface area contributed by atoms with Crippen molar-refractivity contribution in [3.05, 3.63) is 0 Å². The summed E-state index contributed by atoms with van der Waals surface area (Å²) in [5, 5.41) is 20.1. The summed E-state index contributed by atoms with van der Waals surface area (Å²) in [4.78, 5) is 0. The molecule has 4 rings (SSSR count). The van der Waals surface area contributed by atoms with Crippen LogP contribution in [0.1, 0.15) is 72.1 Å². The highest BCUT2D eigenvalue weighted by Crippen LogP contribution is 2.70. The summed E-state index contributed by atoms with van der Waals surface area (Å²) in [6.45, 7) is 7.31. The lowest BCUT2D eigenvalue weighted by Crippen LogP contribution is -2.62. The Hall–Kier alpha value is -0.590. The van der Waals surface area contributed by atoms with E-state index in [2.05, 4.69) is 26.8 Å². The van der Waals surface area contributed by atoms with Gasteiger partial charge >= 0.3 is 0 Å². The molecule has 3 nitrogen and oxygen atoms in total. The van der Waals surface area contributed by atoms with E-state index in [4.69, 9.17) is 4.74 Å². The first-order chi connectivity index (χ1) is 11.8. The van der Waals surface area contributed by atoms with Crippen LogP contribution in [0, 0.1) is 51.2 Å². The van der Waals surface area contributed by atoms with Crippen LogP contribution in [0.25, 0.3) is 0 Å². The molecule has 3 unspecified atom stereocenters. The Labute approximate surface area is 153 Å². The third kappa shape index (κ3) is 2.23. The minimum Gasteiger partial charge on any atom is -0.393 e. The van der Waals surface area contributed by atoms with Crippen molar-refractivity contribution in [3.8, 4) is 6.07 Å². The van der Waals surface area contributed by atoms with E-state index in [1.165, 1.54) is 19.3 Å². The summed E-state index contributed by atoms with van der Waals surface area (Å²) in [5.74, 6) is 2.15. The topological polar surface area (TPSA) is 53.2 Å². The molecule has 0 amide bonds. The van der Waals surface area contributed by atoms with Gasteiger partial charge in [-0.05, 0) is 85.4 Å². The molecule has 0 bridgehead atoms. The number of fused-ring (bicyclic) bond motifs is 5. The maximum Gasteiger partial charge on any atom is 0.0661 e. The summed E-state index contributed by atoms with van der Waals surface area (Å²) in [6.07, 6.45) is 8.97. The lowest BCUT2D eigenvalue weighted by Gasteiger charge is -2.66. The summed E-state index contributed by atoms with van der Waals surface area (Å²) in [5.41, 5.74) is 0.611. The Morgan fingerprint density at radius 2 is 1.80 bits per heavy atom. The fourth-order valence-electron chi connectivity index (χ4n) is 8.12. The van der Waals surface area contributed by atoms with Gasteiger partial charge in [-0.2, -0.15) is 5.26 Å². The number of nitriles is 1. The number of hydrogen-bond donors (Lipinski definition) is 1. The molecule has 25 heavy (non-hydrogen) atoms. The molecule has 0 spiro atoms. The zero-order chi connectivity index (χ0) is 18.0. The molecule has 4 saturated carbocycles. The van der Waals surface area contributed by atoms with Gasteiger partial charge in [0.15, 0.2) is 0 Å². The number of ether oxygens (including phenoxy) is 1. The van der Waals surface area contributed by atoms with Crippen molar-refractivity contribution in [3.63, 3.8) is 0 Å². The normalized spacial score (nSPS) is 57.9. The van der Waals surface area contributed by atoms with Gasteiger partial charge in [-0.1, -0.05) is 20.8 Å². The zero-order valence-electron chi connectivity index (χ0n) is 16.4. The molecule has 4 fully saturated rings. The highest BCUT2D eigenvalue weighted by atomic mass is 16.5. The zero-order valence-corrected chi connectivity index (χ0v) is 16.4. The van der Waals surface area contributed by atoms with Gasteiger partial charge in [0.2, 0.25) is 0 Å². The minimum atomic E-state index is -0.126. The predicted molar refractivity (Wildman–Crippen MR) is 97.6 cm³/mol. The van der Waals surface area contributed by atoms with E-state index in [1.54, 1.807) is 0 Å². The van der Waals surface area contributed by atoms with Crippen molar-refractivity contribution in [1.82, 2.24) is 0 Å². The van der Waals surface area contributed by atoms with Crippen molar-refractivity contribution in [1.29, 1.82) is 5.26 Å². The van der Waals surface area contributed by atoms with E-state index >= 15 is 0 Å². The molecular weight excluding hydrogens is 310 g/mol. The molecule has 3 heteroatoms. The number of methoxy groups -OCH3 is 1. The average molecular weight is 346 g/mol. The molecule has 0 saturated heterocycles. The summed E-state index contributed by atoms with van der Waals surface area (Å²) in [7, 11) is 1.88. The van der Waals surface area contributed by atoms with Crippen LogP contribution in [0.2, 0.25) is 0 Å². The number of hydrogen-bond acceptors (Lipinski definition) is 3. The van der Waals surface area contributed by atoms with E-state index in [-0.39, 0.29) is 34.4 Å². The molecule has 0 aliphatic heterocycles. The fraction of sp³-hybridized carbons (Fsp3) is 0.955. The first-order valence-electron chi connectivity index (χ1n) is 10.4. The molecule has 1 N–H and O–H groups in total. The highest BCUT2D eigenvalue weighted by molar-refractivity contribution is 5.17. The molecule has 0 aromatic rings. The van der Waals surface area contributed by atoms with E-state index in [9.17, 15) is 10.4 Å². The Bertz CT molecular complexity index is 585. The second-order valence-corrected chi connectivity index (χ2v) is 10.5. The lowest BCUT2D eigenvalue weighted by atomic mass is 9.39. The standard InChI is InChI=1S/C22H35NO2/c1-20-9-8-16-17-6-5-14(13-23)21(17,2)12-18(25-4)19(16)22(20,3)10-7-15(24)11-20/h14-19,24H,5-12H2,1-4H3/t14?,15-,16+,17+,18?,19-,20+,21?,22-/m1/s1. The molecular formula is C22H35NO2. The molecule has 9 atom stereocenters. The maximum atomic E-state index is 10.3. The number of aliphatic hydroxyl groups is 1. The smallest absolute Gasteiger partial charge is 0.0661 e. The van der Waals surface area contributed by atoms with Gasteiger partial charge in [0, 0.05) is 7.11 Å². The van der Waals surface area contributed by atoms with Crippen LogP contribution < -0.4 is 0 Å². The Balaban J connectivity index is 1.74. The monoisotopic (exact) mass is 345 g/mol. The summed E-state index contributed by atoms with van der Waals surface area (Å²) >= 11 is 0. The average Bonchev–Trinajstić information content (AvgIpc) is 2.91. The van der Waals surface area contributed by atoms with Crippen molar-refractivity contribution >= 4 is 0 Å². The lowest BCUT2D eigenvalue weighted by molar-refractivity contribution is -0.213. The van der Waals surface area contributed by atoms with Gasteiger partial charge in [-0.3, -0.25) is 0 Å². The maximum absolute atomic E-state index is 10.3. The highest BCUT2D eigenvalue weighted by Gasteiger charge is 2.66. The molecule has 4 aliphatic rings. The Morgan fingerprint density at radius 1 is 1.04 bits per heavy atom. The molecule has 0 radical (unpaired) electrons. The van der Waals surface area contributed by atoms with E-state index in [0.29, 0.717) is 17.8 Å². The Morgan fingerprint density at radius 3 is 2.48 bits per heavy atom. The van der Waals surface area contributed by atoms with Crippen LogP contribution in [0.5, 0.6) is 0 Å². The molecule has 0 heterocycles. The van der Waals surface area contributed by atoms with Crippen LogP contribution in [0.3, 0.4) is 0 Å².